The molecule has 0 saturated heterocycles. The highest BCUT2D eigenvalue weighted by Gasteiger charge is 2.23. The van der Waals surface area contributed by atoms with Gasteiger partial charge in [0, 0.05) is 16.8 Å². The van der Waals surface area contributed by atoms with Crippen LogP contribution in [0.1, 0.15) is 22.5 Å². The standard InChI is InChI=1S/C17H14N2O3/c1-21-17(20)14-9-8-13(22-14)16-18-11-6-2-4-10-5-3-7-12(19-16)15(10)11/h2-9,16,18-19H,1H3. The number of carbonyl (C=O) groups is 1. The molecule has 0 amide bonds. The fourth-order valence-electron chi connectivity index (χ4n) is 2.79. The third-order valence-corrected chi connectivity index (χ3v) is 3.80. The molecule has 5 heteroatoms. The lowest BCUT2D eigenvalue weighted by molar-refractivity contribution is 0.0563. The van der Waals surface area contributed by atoms with Crippen molar-refractivity contribution in [3.63, 3.8) is 0 Å². The van der Waals surface area contributed by atoms with E-state index >= 15 is 0 Å². The minimum absolute atomic E-state index is 0.193. The maximum atomic E-state index is 11.5. The van der Waals surface area contributed by atoms with E-state index in [2.05, 4.69) is 27.5 Å². The van der Waals surface area contributed by atoms with Crippen LogP contribution in [-0.2, 0) is 4.74 Å². The number of hydrogen-bond donors (Lipinski definition) is 2. The topological polar surface area (TPSA) is 63.5 Å². The third kappa shape index (κ3) is 1.90. The molecule has 0 atom stereocenters. The molecule has 2 aromatic carbocycles. The Kier molecular flexibility index (Phi) is 2.79. The number of anilines is 2. The highest BCUT2D eigenvalue weighted by Crippen LogP contribution is 2.38. The van der Waals surface area contributed by atoms with Crippen LogP contribution < -0.4 is 10.6 Å². The van der Waals surface area contributed by atoms with Gasteiger partial charge in [0.25, 0.3) is 0 Å². The van der Waals surface area contributed by atoms with Gasteiger partial charge in [0.15, 0.2) is 6.17 Å². The lowest BCUT2D eigenvalue weighted by atomic mass is 10.0. The zero-order valence-corrected chi connectivity index (χ0v) is 11.9. The van der Waals surface area contributed by atoms with E-state index in [4.69, 9.17) is 4.42 Å². The summed E-state index contributed by atoms with van der Waals surface area (Å²) >= 11 is 0. The van der Waals surface area contributed by atoms with Gasteiger partial charge in [-0.15, -0.1) is 0 Å². The lowest BCUT2D eigenvalue weighted by Gasteiger charge is -2.28. The van der Waals surface area contributed by atoms with Gasteiger partial charge in [0.2, 0.25) is 5.76 Å². The van der Waals surface area contributed by atoms with Crippen LogP contribution in [0.2, 0.25) is 0 Å². The first kappa shape index (κ1) is 12.8. The summed E-state index contributed by atoms with van der Waals surface area (Å²) in [5.41, 5.74) is 2.07. The van der Waals surface area contributed by atoms with E-state index in [9.17, 15) is 4.79 Å². The highest BCUT2D eigenvalue weighted by atomic mass is 16.5. The Morgan fingerprint density at radius 1 is 1.05 bits per heavy atom. The summed E-state index contributed by atoms with van der Waals surface area (Å²) in [4.78, 5) is 11.5. The number of hydrogen-bond acceptors (Lipinski definition) is 5. The van der Waals surface area contributed by atoms with Crippen LogP contribution in [0.5, 0.6) is 0 Å². The SMILES string of the molecule is COC(=O)c1ccc(C2Nc3cccc4cccc(c34)N2)o1. The monoisotopic (exact) mass is 294 g/mol. The van der Waals surface area contributed by atoms with Gasteiger partial charge < -0.3 is 19.8 Å². The molecule has 110 valence electrons. The van der Waals surface area contributed by atoms with E-state index < -0.39 is 5.97 Å². The molecule has 22 heavy (non-hydrogen) atoms. The van der Waals surface area contributed by atoms with E-state index in [1.807, 2.05) is 24.3 Å². The van der Waals surface area contributed by atoms with Gasteiger partial charge in [-0.05, 0) is 29.7 Å². The predicted octanol–water partition coefficient (Wildman–Crippen LogP) is 3.76. The number of ether oxygens (including phenoxy) is 1. The van der Waals surface area contributed by atoms with E-state index in [-0.39, 0.29) is 11.9 Å². The van der Waals surface area contributed by atoms with E-state index in [1.165, 1.54) is 12.5 Å². The first-order chi connectivity index (χ1) is 10.8. The first-order valence-electron chi connectivity index (χ1n) is 6.99. The molecular weight excluding hydrogens is 280 g/mol. The Morgan fingerprint density at radius 2 is 1.73 bits per heavy atom. The average Bonchev–Trinajstić information content (AvgIpc) is 3.04. The molecular formula is C17H14N2O3. The molecule has 0 bridgehead atoms. The Morgan fingerprint density at radius 3 is 2.36 bits per heavy atom. The van der Waals surface area contributed by atoms with Gasteiger partial charge >= 0.3 is 5.97 Å². The second-order valence-corrected chi connectivity index (χ2v) is 5.12. The number of furan rings is 1. The molecule has 0 fully saturated rings. The molecule has 0 unspecified atom stereocenters. The summed E-state index contributed by atoms with van der Waals surface area (Å²) < 4.78 is 10.3. The Labute approximate surface area is 126 Å². The molecule has 4 rings (SSSR count). The Hall–Kier alpha value is -2.95. The van der Waals surface area contributed by atoms with Crippen LogP contribution in [0, 0.1) is 0 Å². The van der Waals surface area contributed by atoms with Gasteiger partial charge in [-0.2, -0.15) is 0 Å². The summed E-state index contributed by atoms with van der Waals surface area (Å²) in [6, 6.07) is 15.6. The van der Waals surface area contributed by atoms with E-state index in [0.717, 1.165) is 16.8 Å². The molecule has 5 nitrogen and oxygen atoms in total. The molecule has 1 aliphatic rings. The quantitative estimate of drug-likeness (QED) is 0.705. The minimum atomic E-state index is -0.482. The van der Waals surface area contributed by atoms with Crippen LogP contribution in [-0.4, -0.2) is 13.1 Å². The second-order valence-electron chi connectivity index (χ2n) is 5.12. The van der Waals surface area contributed by atoms with E-state index in [0.29, 0.717) is 5.76 Å². The van der Waals surface area contributed by atoms with Gasteiger partial charge in [-0.25, -0.2) is 4.79 Å². The van der Waals surface area contributed by atoms with Crippen molar-refractivity contribution >= 4 is 28.1 Å². The fraction of sp³-hybridized carbons (Fsp3) is 0.118. The normalized spacial score (nSPS) is 13.5. The lowest BCUT2D eigenvalue weighted by Crippen LogP contribution is -2.23. The Balaban J connectivity index is 1.72. The summed E-state index contributed by atoms with van der Waals surface area (Å²) in [6.45, 7) is 0. The smallest absolute Gasteiger partial charge is 0.373 e. The van der Waals surface area contributed by atoms with Gasteiger partial charge in [-0.1, -0.05) is 24.3 Å². The van der Waals surface area contributed by atoms with Crippen molar-refractivity contribution < 1.29 is 13.9 Å². The van der Waals surface area contributed by atoms with E-state index in [1.54, 1.807) is 12.1 Å². The molecule has 0 spiro atoms. The second kappa shape index (κ2) is 4.80. The van der Waals surface area contributed by atoms with Crippen LogP contribution >= 0.6 is 0 Å². The molecule has 1 aromatic heterocycles. The van der Waals surface area contributed by atoms with Gasteiger partial charge in [0.1, 0.15) is 5.76 Å². The summed E-state index contributed by atoms with van der Waals surface area (Å²) in [7, 11) is 1.33. The number of carbonyl (C=O) groups excluding carboxylic acids is 1. The number of esters is 1. The number of nitrogens with one attached hydrogen (secondary N) is 2. The van der Waals surface area contributed by atoms with Crippen LogP contribution in [0.15, 0.2) is 52.9 Å². The average molecular weight is 294 g/mol. The zero-order valence-electron chi connectivity index (χ0n) is 11.9. The van der Waals surface area contributed by atoms with Crippen molar-refractivity contribution in [2.24, 2.45) is 0 Å². The molecule has 2 heterocycles. The fourth-order valence-corrected chi connectivity index (χ4v) is 2.79. The molecule has 1 aliphatic heterocycles. The van der Waals surface area contributed by atoms with Crippen LogP contribution in [0.3, 0.4) is 0 Å². The van der Waals surface area contributed by atoms with Crippen molar-refractivity contribution in [1.29, 1.82) is 0 Å². The molecule has 0 saturated carbocycles. The highest BCUT2D eigenvalue weighted by molar-refractivity contribution is 6.04. The molecule has 0 radical (unpaired) electrons. The van der Waals surface area contributed by atoms with Crippen LogP contribution in [0.25, 0.3) is 10.8 Å². The van der Waals surface area contributed by atoms with Crippen LogP contribution in [0.4, 0.5) is 11.4 Å². The maximum Gasteiger partial charge on any atom is 0.373 e. The van der Waals surface area contributed by atoms with Gasteiger partial charge in [-0.3, -0.25) is 0 Å². The zero-order chi connectivity index (χ0) is 15.1. The number of rotatable bonds is 2. The maximum absolute atomic E-state index is 11.5. The van der Waals surface area contributed by atoms with Gasteiger partial charge in [0.05, 0.1) is 7.11 Å². The summed E-state index contributed by atoms with van der Waals surface area (Å²) in [5, 5.41) is 9.10. The first-order valence-corrected chi connectivity index (χ1v) is 6.99. The third-order valence-electron chi connectivity index (χ3n) is 3.80. The summed E-state index contributed by atoms with van der Waals surface area (Å²) in [6.07, 6.45) is -0.237. The summed E-state index contributed by atoms with van der Waals surface area (Å²) in [5.74, 6) is 0.342. The number of methoxy groups -OCH3 is 1. The van der Waals surface area contributed by atoms with Crippen molar-refractivity contribution in [3.05, 3.63) is 60.1 Å². The molecule has 2 N–H and O–H groups in total. The molecule has 3 aromatic rings. The predicted molar refractivity (Wildman–Crippen MR) is 84.0 cm³/mol. The van der Waals surface area contributed by atoms with Crippen molar-refractivity contribution in [3.8, 4) is 0 Å². The largest absolute Gasteiger partial charge is 0.463 e. The number of benzene rings is 2. The Bertz CT molecular complexity index is 828. The minimum Gasteiger partial charge on any atom is -0.463 e. The van der Waals surface area contributed by atoms with Crippen molar-refractivity contribution in [2.45, 2.75) is 6.17 Å². The molecule has 0 aliphatic carbocycles. The van der Waals surface area contributed by atoms with Crippen molar-refractivity contribution in [2.75, 3.05) is 17.7 Å². The van der Waals surface area contributed by atoms with Crippen molar-refractivity contribution in [1.82, 2.24) is 0 Å².